The van der Waals surface area contributed by atoms with Crippen molar-refractivity contribution in [1.82, 2.24) is 0 Å². The molecule has 24 heavy (non-hydrogen) atoms. The van der Waals surface area contributed by atoms with Crippen LogP contribution in [-0.2, 0) is 14.3 Å². The largest absolute Gasteiger partial charge is 0.378 e. The third-order valence-electron chi connectivity index (χ3n) is 4.53. The van der Waals surface area contributed by atoms with Crippen molar-refractivity contribution in [3.63, 3.8) is 0 Å². The maximum Gasteiger partial charge on any atom is 0.248 e. The Balaban J connectivity index is 1.50. The number of nitrogens with one attached hydrogen (secondary N) is 1. The second-order valence-corrected chi connectivity index (χ2v) is 7.23. The van der Waals surface area contributed by atoms with Crippen LogP contribution in [0.2, 0.25) is 0 Å². The van der Waals surface area contributed by atoms with Gasteiger partial charge in [-0.2, -0.15) is 0 Å². The number of amides is 1. The zero-order valence-corrected chi connectivity index (χ0v) is 14.8. The lowest BCUT2D eigenvalue weighted by molar-refractivity contribution is -0.152. The molecule has 2 aliphatic rings. The average Bonchev–Trinajstić information content (AvgIpc) is 2.98. The van der Waals surface area contributed by atoms with E-state index in [0.717, 1.165) is 24.2 Å². The number of nitrogens with zero attached hydrogens (tertiary/aromatic N) is 1. The molecule has 1 unspecified atom stereocenters. The minimum absolute atomic E-state index is 0.105. The van der Waals surface area contributed by atoms with Gasteiger partial charge in [0, 0.05) is 25.5 Å². The van der Waals surface area contributed by atoms with Gasteiger partial charge in [-0.25, -0.2) is 0 Å². The lowest BCUT2D eigenvalue weighted by Crippen LogP contribution is -2.22. The fourth-order valence-corrected chi connectivity index (χ4v) is 3.41. The Kier molecular flexibility index (Phi) is 4.65. The van der Waals surface area contributed by atoms with Gasteiger partial charge < -0.3 is 19.7 Å². The second-order valence-electron chi connectivity index (χ2n) is 7.23. The number of anilines is 2. The third kappa shape index (κ3) is 3.97. The van der Waals surface area contributed by atoms with E-state index >= 15 is 0 Å². The molecule has 1 aromatic carbocycles. The molecular formula is C19H26N2O3. The predicted molar refractivity (Wildman–Crippen MR) is 95.1 cm³/mol. The number of carbonyl (C=O) groups excluding carboxylic acids is 1. The van der Waals surface area contributed by atoms with Crippen molar-refractivity contribution in [3.05, 3.63) is 36.4 Å². The van der Waals surface area contributed by atoms with Gasteiger partial charge in [-0.3, -0.25) is 4.79 Å². The zero-order valence-electron chi connectivity index (χ0n) is 14.8. The molecule has 0 radical (unpaired) electrons. The summed E-state index contributed by atoms with van der Waals surface area (Å²) >= 11 is 0. The molecule has 1 aliphatic heterocycles. The van der Waals surface area contributed by atoms with Gasteiger partial charge in [0.25, 0.3) is 0 Å². The van der Waals surface area contributed by atoms with Gasteiger partial charge in [0.05, 0.1) is 12.2 Å². The highest BCUT2D eigenvalue weighted by atomic mass is 16.8. The fourth-order valence-electron chi connectivity index (χ4n) is 3.41. The molecule has 1 heterocycles. The Labute approximate surface area is 143 Å². The Hall–Kier alpha value is -1.85. The van der Waals surface area contributed by atoms with Gasteiger partial charge in [-0.1, -0.05) is 6.08 Å². The zero-order chi connectivity index (χ0) is 17.3. The predicted octanol–water partition coefficient (Wildman–Crippen LogP) is 3.18. The maximum atomic E-state index is 12.1. The van der Waals surface area contributed by atoms with Crippen molar-refractivity contribution in [3.8, 4) is 0 Å². The number of ether oxygens (including phenoxy) is 2. The normalized spacial score (nSPS) is 28.1. The van der Waals surface area contributed by atoms with Gasteiger partial charge >= 0.3 is 0 Å². The molecule has 1 N–H and O–H groups in total. The summed E-state index contributed by atoms with van der Waals surface area (Å²) in [5.74, 6) is -0.245. The monoisotopic (exact) mass is 330 g/mol. The van der Waals surface area contributed by atoms with Crippen LogP contribution < -0.4 is 10.2 Å². The first-order valence-electron chi connectivity index (χ1n) is 8.44. The van der Waals surface area contributed by atoms with Crippen LogP contribution in [0.25, 0.3) is 0 Å². The molecule has 5 nitrogen and oxygen atoms in total. The molecule has 3 atom stereocenters. The molecule has 0 bridgehead atoms. The van der Waals surface area contributed by atoms with E-state index in [1.165, 1.54) is 0 Å². The average molecular weight is 330 g/mol. The molecule has 2 fully saturated rings. The number of fused-ring (bicyclic) bond motifs is 1. The number of hydrogen-bond donors (Lipinski definition) is 1. The summed E-state index contributed by atoms with van der Waals surface area (Å²) in [5.41, 5.74) is 1.90. The Bertz CT molecular complexity index is 606. The van der Waals surface area contributed by atoms with Crippen LogP contribution >= 0.6 is 0 Å². The molecule has 3 rings (SSSR count). The summed E-state index contributed by atoms with van der Waals surface area (Å²) in [5, 5.41) is 2.89. The van der Waals surface area contributed by atoms with E-state index in [9.17, 15) is 4.79 Å². The Morgan fingerprint density at radius 3 is 2.29 bits per heavy atom. The summed E-state index contributed by atoms with van der Waals surface area (Å²) in [6.07, 6.45) is 5.72. The Morgan fingerprint density at radius 2 is 1.75 bits per heavy atom. The van der Waals surface area contributed by atoms with E-state index in [4.69, 9.17) is 9.47 Å². The van der Waals surface area contributed by atoms with Crippen molar-refractivity contribution in [2.45, 2.75) is 44.7 Å². The van der Waals surface area contributed by atoms with Gasteiger partial charge in [-0.05, 0) is 62.9 Å². The van der Waals surface area contributed by atoms with Gasteiger partial charge in [0.15, 0.2) is 5.79 Å². The van der Waals surface area contributed by atoms with Crippen molar-refractivity contribution in [2.24, 2.45) is 5.92 Å². The summed E-state index contributed by atoms with van der Waals surface area (Å²) in [6, 6.07) is 7.78. The van der Waals surface area contributed by atoms with E-state index in [0.29, 0.717) is 5.92 Å². The molecule has 5 heteroatoms. The molecular weight excluding hydrogens is 304 g/mol. The van der Waals surface area contributed by atoms with Crippen LogP contribution in [0.4, 0.5) is 11.4 Å². The highest BCUT2D eigenvalue weighted by Crippen LogP contribution is 2.41. The lowest BCUT2D eigenvalue weighted by Gasteiger charge is -2.19. The summed E-state index contributed by atoms with van der Waals surface area (Å²) in [4.78, 5) is 14.1. The second kappa shape index (κ2) is 6.57. The van der Waals surface area contributed by atoms with E-state index in [2.05, 4.69) is 5.32 Å². The summed E-state index contributed by atoms with van der Waals surface area (Å²) in [6.45, 7) is 3.90. The van der Waals surface area contributed by atoms with Crippen molar-refractivity contribution in [1.29, 1.82) is 0 Å². The quantitative estimate of drug-likeness (QED) is 0.862. The fraction of sp³-hybridized carbons (Fsp3) is 0.526. The minimum atomic E-state index is -0.472. The first-order chi connectivity index (χ1) is 11.3. The molecule has 1 amide bonds. The highest BCUT2D eigenvalue weighted by molar-refractivity contribution is 5.99. The Morgan fingerprint density at radius 1 is 1.17 bits per heavy atom. The van der Waals surface area contributed by atoms with Crippen LogP contribution in [0.15, 0.2) is 36.4 Å². The molecule has 0 spiro atoms. The lowest BCUT2D eigenvalue weighted by atomic mass is 10.1. The van der Waals surface area contributed by atoms with Gasteiger partial charge in [0.2, 0.25) is 5.91 Å². The molecule has 1 saturated heterocycles. The number of rotatable bonds is 4. The molecule has 1 aromatic rings. The van der Waals surface area contributed by atoms with Crippen LogP contribution in [0.3, 0.4) is 0 Å². The minimum Gasteiger partial charge on any atom is -0.378 e. The van der Waals surface area contributed by atoms with E-state index in [1.54, 1.807) is 6.08 Å². The number of carbonyl (C=O) groups is 1. The molecule has 0 aromatic heterocycles. The van der Waals surface area contributed by atoms with Crippen LogP contribution in [0.1, 0.15) is 26.7 Å². The van der Waals surface area contributed by atoms with Crippen LogP contribution in [-0.4, -0.2) is 38.0 Å². The van der Waals surface area contributed by atoms with E-state index < -0.39 is 5.79 Å². The van der Waals surface area contributed by atoms with Gasteiger partial charge in [-0.15, -0.1) is 0 Å². The maximum absolute atomic E-state index is 12.1. The topological polar surface area (TPSA) is 50.8 Å². The number of hydrogen-bond acceptors (Lipinski definition) is 4. The molecule has 1 aliphatic carbocycles. The smallest absolute Gasteiger partial charge is 0.248 e. The standard InChI is InChI=1S/C19H26N2O3/c1-19(2)23-16-11-13(12-17(16)24-19)5-10-18(22)20-14-6-8-15(9-7-14)21(3)4/h5-10,13,16-17H,11-12H2,1-4H3,(H,20,22)/b10-5+/t13?,16-,17+. The van der Waals surface area contributed by atoms with E-state index in [-0.39, 0.29) is 18.1 Å². The van der Waals surface area contributed by atoms with Gasteiger partial charge in [0.1, 0.15) is 0 Å². The van der Waals surface area contributed by atoms with Crippen molar-refractivity contribution < 1.29 is 14.3 Å². The van der Waals surface area contributed by atoms with Crippen LogP contribution in [0.5, 0.6) is 0 Å². The first-order valence-corrected chi connectivity index (χ1v) is 8.44. The third-order valence-corrected chi connectivity index (χ3v) is 4.53. The molecule has 130 valence electrons. The van der Waals surface area contributed by atoms with Crippen LogP contribution in [0, 0.1) is 5.92 Å². The molecule has 1 saturated carbocycles. The summed E-state index contributed by atoms with van der Waals surface area (Å²) in [7, 11) is 3.98. The number of allylic oxidation sites excluding steroid dienone is 1. The van der Waals surface area contributed by atoms with E-state index in [1.807, 2.05) is 63.2 Å². The highest BCUT2D eigenvalue weighted by Gasteiger charge is 2.46. The SMILES string of the molecule is CN(C)c1ccc(NC(=O)/C=C/C2C[C@@H]3OC(C)(C)O[C@@H]3C2)cc1. The van der Waals surface area contributed by atoms with Crippen molar-refractivity contribution >= 4 is 17.3 Å². The van der Waals surface area contributed by atoms with Crippen molar-refractivity contribution in [2.75, 3.05) is 24.3 Å². The summed E-state index contributed by atoms with van der Waals surface area (Å²) < 4.78 is 11.8. The number of benzene rings is 1. The first kappa shape index (κ1) is 17.0.